The van der Waals surface area contributed by atoms with Crippen molar-refractivity contribution in [3.8, 4) is 0 Å². The van der Waals surface area contributed by atoms with Gasteiger partial charge in [-0.3, -0.25) is 0 Å². The molecule has 2 heteroatoms. The lowest BCUT2D eigenvalue weighted by Gasteiger charge is -2.44. The Morgan fingerprint density at radius 1 is 1.13 bits per heavy atom. The minimum absolute atomic E-state index is 0.419. The highest BCUT2D eigenvalue weighted by atomic mass is 16.3. The fourth-order valence-corrected chi connectivity index (χ4v) is 7.37. The quantitative estimate of drug-likeness (QED) is 0.449. The van der Waals surface area contributed by atoms with Gasteiger partial charge in [-0.2, -0.15) is 0 Å². The van der Waals surface area contributed by atoms with Gasteiger partial charge >= 0.3 is 0 Å². The molecule has 2 N–H and O–H groups in total. The molecule has 0 heterocycles. The molecule has 3 rings (SSSR count). The third-order valence-corrected chi connectivity index (χ3v) is 9.45. The van der Waals surface area contributed by atoms with Crippen LogP contribution in [-0.4, -0.2) is 22.4 Å². The van der Waals surface area contributed by atoms with Crippen molar-refractivity contribution in [2.24, 2.45) is 35.0 Å². The van der Waals surface area contributed by atoms with Crippen LogP contribution in [-0.2, 0) is 0 Å². The molecule has 0 aromatic rings. The van der Waals surface area contributed by atoms with E-state index in [2.05, 4.69) is 53.3 Å². The van der Waals surface area contributed by atoms with E-state index in [-0.39, 0.29) is 0 Å². The third kappa shape index (κ3) is 5.38. The first-order valence-electron chi connectivity index (χ1n) is 13.1. The van der Waals surface area contributed by atoms with Crippen molar-refractivity contribution in [3.63, 3.8) is 0 Å². The monoisotopic (exact) mass is 428 g/mol. The van der Waals surface area contributed by atoms with Gasteiger partial charge in [0.15, 0.2) is 0 Å². The maximum atomic E-state index is 10.2. The summed E-state index contributed by atoms with van der Waals surface area (Å²) < 4.78 is 0. The maximum absolute atomic E-state index is 10.2. The van der Waals surface area contributed by atoms with Crippen LogP contribution in [0.25, 0.3) is 0 Å². The molecule has 3 fully saturated rings. The molecule has 0 amide bonds. The average Bonchev–Trinajstić information content (AvgIpc) is 3.07. The molecule has 0 aliphatic heterocycles. The van der Waals surface area contributed by atoms with Gasteiger partial charge in [0.25, 0.3) is 0 Å². The Balaban J connectivity index is 1.71. The second kappa shape index (κ2) is 10.4. The molecular formula is C29H48O2. The van der Waals surface area contributed by atoms with Crippen molar-refractivity contribution in [1.29, 1.82) is 0 Å². The first-order chi connectivity index (χ1) is 14.7. The van der Waals surface area contributed by atoms with E-state index in [0.717, 1.165) is 34.8 Å². The van der Waals surface area contributed by atoms with Gasteiger partial charge in [0.1, 0.15) is 0 Å². The summed E-state index contributed by atoms with van der Waals surface area (Å²) in [6, 6.07) is 0. The zero-order valence-corrected chi connectivity index (χ0v) is 20.9. The molecule has 7 atom stereocenters. The highest BCUT2D eigenvalue weighted by molar-refractivity contribution is 5.38. The lowest BCUT2D eigenvalue weighted by Crippen LogP contribution is -2.36. The summed E-state index contributed by atoms with van der Waals surface area (Å²) in [5.74, 6) is 4.02. The third-order valence-electron chi connectivity index (χ3n) is 9.45. The molecule has 3 saturated carbocycles. The van der Waals surface area contributed by atoms with E-state index in [9.17, 15) is 10.2 Å². The van der Waals surface area contributed by atoms with E-state index in [1.54, 1.807) is 5.57 Å². The molecule has 0 bridgehead atoms. The first-order valence-corrected chi connectivity index (χ1v) is 13.1. The summed E-state index contributed by atoms with van der Waals surface area (Å²) in [4.78, 5) is 0. The van der Waals surface area contributed by atoms with Crippen molar-refractivity contribution in [1.82, 2.24) is 0 Å². The van der Waals surface area contributed by atoms with Crippen LogP contribution >= 0.6 is 0 Å². The van der Waals surface area contributed by atoms with Crippen molar-refractivity contribution < 1.29 is 10.2 Å². The van der Waals surface area contributed by atoms with E-state index >= 15 is 0 Å². The van der Waals surface area contributed by atoms with E-state index in [0.29, 0.717) is 24.2 Å². The highest BCUT2D eigenvalue weighted by Gasteiger charge is 2.50. The predicted octanol–water partition coefficient (Wildman–Crippen LogP) is 7.23. The van der Waals surface area contributed by atoms with Gasteiger partial charge < -0.3 is 10.2 Å². The van der Waals surface area contributed by atoms with E-state index < -0.39 is 12.2 Å². The lowest BCUT2D eigenvalue weighted by molar-refractivity contribution is 0.0860. The second-order valence-electron chi connectivity index (χ2n) is 11.6. The zero-order chi connectivity index (χ0) is 22.8. The van der Waals surface area contributed by atoms with Gasteiger partial charge in [0.2, 0.25) is 0 Å². The summed E-state index contributed by atoms with van der Waals surface area (Å²) in [6.07, 6.45) is 15.1. The molecule has 0 radical (unpaired) electrons. The topological polar surface area (TPSA) is 40.5 Å². The van der Waals surface area contributed by atoms with Crippen LogP contribution in [0.3, 0.4) is 0 Å². The van der Waals surface area contributed by atoms with Gasteiger partial charge in [-0.15, -0.1) is 0 Å². The molecule has 0 aromatic carbocycles. The summed E-state index contributed by atoms with van der Waals surface area (Å²) >= 11 is 0. The summed E-state index contributed by atoms with van der Waals surface area (Å²) in [6.45, 7) is 16.3. The minimum atomic E-state index is -0.598. The van der Waals surface area contributed by atoms with Crippen LogP contribution in [0.4, 0.5) is 0 Å². The number of hydrogen-bond acceptors (Lipinski definition) is 2. The lowest BCUT2D eigenvalue weighted by atomic mass is 9.60. The fraction of sp³-hybridized carbons (Fsp3) is 0.793. The zero-order valence-electron chi connectivity index (χ0n) is 20.9. The Bertz CT molecular complexity index is 687. The molecule has 0 aromatic heterocycles. The fourth-order valence-electron chi connectivity index (χ4n) is 7.37. The molecule has 31 heavy (non-hydrogen) atoms. The van der Waals surface area contributed by atoms with Crippen LogP contribution < -0.4 is 0 Å². The summed E-state index contributed by atoms with van der Waals surface area (Å²) in [5.41, 5.74) is 3.87. The van der Waals surface area contributed by atoms with Crippen LogP contribution in [0.1, 0.15) is 98.8 Å². The van der Waals surface area contributed by atoms with Crippen molar-refractivity contribution in [3.05, 3.63) is 35.5 Å². The van der Waals surface area contributed by atoms with Crippen molar-refractivity contribution >= 4 is 0 Å². The minimum Gasteiger partial charge on any atom is -0.393 e. The highest BCUT2D eigenvalue weighted by Crippen LogP contribution is 2.60. The Labute approximate surface area is 191 Å². The predicted molar refractivity (Wildman–Crippen MR) is 132 cm³/mol. The first kappa shape index (κ1) is 24.8. The standard InChI is InChI=1S/C29H48O2/c1-7-22(19(2)3)11-10-20(4)26-14-15-27-23(9-8-16-29(26,27)6)12-13-24-17-25(30)18-28(31)21(24)5/h12-13,19-20,22,25-28,30-31H,5,7-11,14-18H2,1-4,6H3/b23-12+,24-13+/t20-,22+,25-,26?,27+,28+,29-/m1/s1. The van der Waals surface area contributed by atoms with E-state index in [1.807, 2.05) is 0 Å². The molecule has 176 valence electrons. The molecule has 0 saturated heterocycles. The SMILES string of the molecule is C=C1/C(=C/C=C2\CCC[C@]3(C)C([C@H](C)CC[C@H](CC)C(C)C)CC[C@@H]23)C[C@@H](O)C[C@@H]1O. The summed E-state index contributed by atoms with van der Waals surface area (Å²) in [5, 5.41) is 20.2. The number of allylic oxidation sites excluding steroid dienone is 3. The molecule has 2 nitrogen and oxygen atoms in total. The van der Waals surface area contributed by atoms with Crippen molar-refractivity contribution in [2.45, 2.75) is 111 Å². The molecule has 0 spiro atoms. The van der Waals surface area contributed by atoms with Gasteiger partial charge in [-0.1, -0.05) is 71.8 Å². The van der Waals surface area contributed by atoms with E-state index in [1.165, 1.54) is 51.4 Å². The normalized spacial score (nSPS) is 38.6. The van der Waals surface area contributed by atoms with Crippen LogP contribution in [0, 0.1) is 35.0 Å². The molecule has 1 unspecified atom stereocenters. The van der Waals surface area contributed by atoms with E-state index in [4.69, 9.17) is 0 Å². The number of fused-ring (bicyclic) bond motifs is 1. The summed E-state index contributed by atoms with van der Waals surface area (Å²) in [7, 11) is 0. The average molecular weight is 429 g/mol. The number of hydrogen-bond donors (Lipinski definition) is 2. The van der Waals surface area contributed by atoms with Crippen LogP contribution in [0.2, 0.25) is 0 Å². The van der Waals surface area contributed by atoms with Crippen LogP contribution in [0.5, 0.6) is 0 Å². The largest absolute Gasteiger partial charge is 0.393 e. The van der Waals surface area contributed by atoms with Crippen molar-refractivity contribution in [2.75, 3.05) is 0 Å². The Morgan fingerprint density at radius 2 is 1.87 bits per heavy atom. The van der Waals surface area contributed by atoms with Gasteiger partial charge in [0.05, 0.1) is 12.2 Å². The van der Waals surface area contributed by atoms with Gasteiger partial charge in [-0.25, -0.2) is 0 Å². The van der Waals surface area contributed by atoms with Gasteiger partial charge in [-0.05, 0) is 91.1 Å². The van der Waals surface area contributed by atoms with Gasteiger partial charge in [0, 0.05) is 6.42 Å². The maximum Gasteiger partial charge on any atom is 0.0811 e. The number of rotatable bonds is 7. The Kier molecular flexibility index (Phi) is 8.30. The number of aliphatic hydroxyl groups excluding tert-OH is 2. The molecule has 3 aliphatic carbocycles. The smallest absolute Gasteiger partial charge is 0.0811 e. The molecule has 3 aliphatic rings. The number of aliphatic hydroxyl groups is 2. The second-order valence-corrected chi connectivity index (χ2v) is 11.6. The van der Waals surface area contributed by atoms with Crippen LogP contribution in [0.15, 0.2) is 35.5 Å². The molecular weight excluding hydrogens is 380 g/mol. The Hall–Kier alpha value is -0.860. The Morgan fingerprint density at radius 3 is 2.55 bits per heavy atom.